The fourth-order valence-electron chi connectivity index (χ4n) is 4.72. The fraction of sp³-hybridized carbons (Fsp3) is 0.320. The van der Waals surface area contributed by atoms with Gasteiger partial charge in [0.2, 0.25) is 5.88 Å². The van der Waals surface area contributed by atoms with E-state index in [2.05, 4.69) is 5.10 Å². The number of fused-ring (bicyclic) bond motifs is 1. The van der Waals surface area contributed by atoms with Gasteiger partial charge in [0.05, 0.1) is 35.5 Å². The lowest BCUT2D eigenvalue weighted by Crippen LogP contribution is -2.17. The molecule has 2 atom stereocenters. The predicted octanol–water partition coefficient (Wildman–Crippen LogP) is 4.57. The molecule has 2 aromatic carbocycles. The third kappa shape index (κ3) is 3.55. The molecule has 0 radical (unpaired) electrons. The van der Waals surface area contributed by atoms with Gasteiger partial charge in [0.1, 0.15) is 17.6 Å². The number of halogens is 1. The molecule has 0 saturated heterocycles. The van der Waals surface area contributed by atoms with Gasteiger partial charge in [-0.25, -0.2) is 9.07 Å². The van der Waals surface area contributed by atoms with Crippen LogP contribution in [0.3, 0.4) is 0 Å². The third-order valence-corrected chi connectivity index (χ3v) is 6.35. The maximum Gasteiger partial charge on any atom is 0.220 e. The van der Waals surface area contributed by atoms with Crippen LogP contribution in [0.1, 0.15) is 37.8 Å². The molecule has 4 aromatic rings. The first kappa shape index (κ1) is 21.2. The molecule has 1 aliphatic rings. The van der Waals surface area contributed by atoms with E-state index in [1.165, 1.54) is 6.07 Å². The van der Waals surface area contributed by atoms with Gasteiger partial charge in [0.25, 0.3) is 0 Å². The number of aromatic nitrogens is 4. The van der Waals surface area contributed by atoms with Crippen LogP contribution in [-0.2, 0) is 7.05 Å². The molecule has 168 valence electrons. The maximum atomic E-state index is 15.3. The predicted molar refractivity (Wildman–Crippen MR) is 124 cm³/mol. The Hall–Kier alpha value is -3.70. The lowest BCUT2D eigenvalue weighted by atomic mass is 9.98. The summed E-state index contributed by atoms with van der Waals surface area (Å²) < 4.78 is 25.1. The van der Waals surface area contributed by atoms with E-state index in [-0.39, 0.29) is 23.2 Å². The van der Waals surface area contributed by atoms with Crippen molar-refractivity contribution in [3.05, 3.63) is 54.0 Å². The number of hydrogen-bond donors (Lipinski definition) is 1. The second-order valence-electron chi connectivity index (χ2n) is 8.45. The number of rotatable bonds is 5. The Kier molecular flexibility index (Phi) is 5.35. The van der Waals surface area contributed by atoms with E-state index in [4.69, 9.17) is 15.6 Å². The molecule has 8 heteroatoms. The Balaban J connectivity index is 1.79. The van der Waals surface area contributed by atoms with Crippen molar-refractivity contribution in [1.29, 1.82) is 5.26 Å². The van der Waals surface area contributed by atoms with E-state index in [1.54, 1.807) is 18.3 Å². The lowest BCUT2D eigenvalue weighted by Gasteiger charge is -2.15. The molecule has 1 saturated carbocycles. The minimum absolute atomic E-state index is 0.0171. The first-order chi connectivity index (χ1) is 16.0. The fourth-order valence-corrected chi connectivity index (χ4v) is 4.72. The molecular formula is C25H25FN6O. The number of ether oxygens (including phenoxy) is 1. The summed E-state index contributed by atoms with van der Waals surface area (Å²) in [4.78, 5) is 0. The van der Waals surface area contributed by atoms with Crippen LogP contribution in [-0.4, -0.2) is 32.2 Å². The van der Waals surface area contributed by atoms with E-state index in [0.29, 0.717) is 23.7 Å². The van der Waals surface area contributed by atoms with Crippen LogP contribution in [0.2, 0.25) is 0 Å². The molecule has 1 aliphatic carbocycles. The minimum Gasteiger partial charge on any atom is -0.478 e. The van der Waals surface area contributed by atoms with E-state index in [0.717, 1.165) is 35.7 Å². The van der Waals surface area contributed by atoms with Crippen molar-refractivity contribution in [2.45, 2.75) is 38.3 Å². The quantitative estimate of drug-likeness (QED) is 0.487. The van der Waals surface area contributed by atoms with Crippen LogP contribution in [0.5, 0.6) is 5.88 Å². The number of nitrogens with zero attached hydrogens (tertiary/aromatic N) is 5. The monoisotopic (exact) mass is 444 g/mol. The highest BCUT2D eigenvalue weighted by Crippen LogP contribution is 2.44. The second-order valence-corrected chi connectivity index (χ2v) is 8.45. The van der Waals surface area contributed by atoms with Gasteiger partial charge < -0.3 is 10.5 Å². The number of nitriles is 1. The highest BCUT2D eigenvalue weighted by Gasteiger charge is 2.31. The first-order valence-electron chi connectivity index (χ1n) is 11.1. The number of benzene rings is 2. The number of aryl methyl sites for hydroxylation is 1. The molecule has 0 spiro atoms. The van der Waals surface area contributed by atoms with Crippen molar-refractivity contribution < 1.29 is 9.13 Å². The van der Waals surface area contributed by atoms with Gasteiger partial charge in [0.15, 0.2) is 0 Å². The van der Waals surface area contributed by atoms with Gasteiger partial charge in [-0.3, -0.25) is 4.68 Å². The summed E-state index contributed by atoms with van der Waals surface area (Å²) in [5, 5.41) is 19.6. The van der Waals surface area contributed by atoms with Crippen molar-refractivity contribution in [2.75, 3.05) is 6.61 Å². The Morgan fingerprint density at radius 1 is 1.27 bits per heavy atom. The SMILES string of the molecule is CCOc1c(-c2ccc3c(cnn3C)c2)c(-c2cccc(C#N)c2F)nn1C1CCC(N)C1. The second kappa shape index (κ2) is 8.34. The summed E-state index contributed by atoms with van der Waals surface area (Å²) >= 11 is 0. The van der Waals surface area contributed by atoms with E-state index >= 15 is 4.39 Å². The summed E-state index contributed by atoms with van der Waals surface area (Å²) in [7, 11) is 1.89. The highest BCUT2D eigenvalue weighted by molar-refractivity contribution is 5.91. The molecule has 2 unspecified atom stereocenters. The molecule has 2 N–H and O–H groups in total. The van der Waals surface area contributed by atoms with Gasteiger partial charge in [0, 0.05) is 24.0 Å². The summed E-state index contributed by atoms with van der Waals surface area (Å²) in [5.74, 6) is 0.0103. The van der Waals surface area contributed by atoms with Gasteiger partial charge >= 0.3 is 0 Å². The molecule has 0 amide bonds. The number of hydrogen-bond acceptors (Lipinski definition) is 5. The molecule has 1 fully saturated rings. The van der Waals surface area contributed by atoms with E-state index in [9.17, 15) is 5.26 Å². The van der Waals surface area contributed by atoms with E-state index < -0.39 is 5.82 Å². The largest absolute Gasteiger partial charge is 0.478 e. The van der Waals surface area contributed by atoms with Gasteiger partial charge in [-0.15, -0.1) is 0 Å². The van der Waals surface area contributed by atoms with Crippen LogP contribution in [0.15, 0.2) is 42.6 Å². The molecule has 0 bridgehead atoms. The van der Waals surface area contributed by atoms with Crippen LogP contribution in [0, 0.1) is 17.1 Å². The van der Waals surface area contributed by atoms with Gasteiger partial charge in [-0.05, 0) is 56.0 Å². The zero-order valence-corrected chi connectivity index (χ0v) is 18.6. The standard InChI is InChI=1S/C25H25FN6O/c1-3-33-25-22(15-7-10-21-17(11-15)14-29-31(21)2)24(20-6-4-5-16(13-27)23(20)26)30-32(25)19-9-8-18(28)12-19/h4-7,10-11,14,18-19H,3,8-9,12,28H2,1-2H3. The van der Waals surface area contributed by atoms with Crippen molar-refractivity contribution in [3.8, 4) is 34.3 Å². The van der Waals surface area contributed by atoms with Crippen molar-refractivity contribution in [3.63, 3.8) is 0 Å². The Labute approximate surface area is 191 Å². The zero-order valence-electron chi connectivity index (χ0n) is 18.6. The maximum absolute atomic E-state index is 15.3. The Bertz CT molecular complexity index is 1380. The summed E-state index contributed by atoms with van der Waals surface area (Å²) in [6.45, 7) is 2.36. The Morgan fingerprint density at radius 3 is 2.85 bits per heavy atom. The van der Waals surface area contributed by atoms with Crippen molar-refractivity contribution in [1.82, 2.24) is 19.6 Å². The van der Waals surface area contributed by atoms with Gasteiger partial charge in [-0.1, -0.05) is 12.1 Å². The highest BCUT2D eigenvalue weighted by atomic mass is 19.1. The molecule has 33 heavy (non-hydrogen) atoms. The van der Waals surface area contributed by atoms with E-state index in [1.807, 2.05) is 47.6 Å². The third-order valence-electron chi connectivity index (χ3n) is 6.35. The molecular weight excluding hydrogens is 419 g/mol. The average molecular weight is 445 g/mol. The smallest absolute Gasteiger partial charge is 0.220 e. The van der Waals surface area contributed by atoms with Crippen LogP contribution in [0.25, 0.3) is 33.3 Å². The van der Waals surface area contributed by atoms with Crippen LogP contribution in [0.4, 0.5) is 4.39 Å². The molecule has 0 aliphatic heterocycles. The molecule has 2 heterocycles. The molecule has 7 nitrogen and oxygen atoms in total. The molecule has 5 rings (SSSR count). The summed E-state index contributed by atoms with van der Waals surface area (Å²) in [6.07, 6.45) is 4.37. The molecule has 2 aromatic heterocycles. The van der Waals surface area contributed by atoms with Gasteiger partial charge in [-0.2, -0.15) is 15.5 Å². The summed E-state index contributed by atoms with van der Waals surface area (Å²) in [5.41, 5.74) is 9.45. The first-order valence-corrected chi connectivity index (χ1v) is 11.1. The normalized spacial score (nSPS) is 18.0. The van der Waals surface area contributed by atoms with Crippen molar-refractivity contribution in [2.24, 2.45) is 12.8 Å². The van der Waals surface area contributed by atoms with Crippen molar-refractivity contribution >= 4 is 10.9 Å². The zero-order chi connectivity index (χ0) is 23.1. The van der Waals surface area contributed by atoms with Crippen LogP contribution >= 0.6 is 0 Å². The number of nitrogens with two attached hydrogens (primary N) is 1. The Morgan fingerprint density at radius 2 is 2.12 bits per heavy atom. The summed E-state index contributed by atoms with van der Waals surface area (Å²) in [6, 6.07) is 12.9. The van der Waals surface area contributed by atoms with Crippen LogP contribution < -0.4 is 10.5 Å². The topological polar surface area (TPSA) is 94.7 Å². The lowest BCUT2D eigenvalue weighted by molar-refractivity contribution is 0.285. The average Bonchev–Trinajstić information content (AvgIpc) is 3.51. The minimum atomic E-state index is -0.584.